The van der Waals surface area contributed by atoms with Crippen LogP contribution in [0.1, 0.15) is 26.3 Å². The molecule has 0 spiro atoms. The Balaban J connectivity index is 1.47. The van der Waals surface area contributed by atoms with E-state index >= 15 is 0 Å². The molecule has 0 saturated carbocycles. The summed E-state index contributed by atoms with van der Waals surface area (Å²) in [7, 11) is 0. The van der Waals surface area contributed by atoms with Gasteiger partial charge in [-0.15, -0.1) is 0 Å². The molecule has 28 heavy (non-hydrogen) atoms. The highest BCUT2D eigenvalue weighted by Gasteiger charge is 2.22. The van der Waals surface area contributed by atoms with Crippen LogP contribution in [0.2, 0.25) is 5.02 Å². The number of para-hydroxylation sites is 1. The summed E-state index contributed by atoms with van der Waals surface area (Å²) in [5.41, 5.74) is 2.34. The smallest absolute Gasteiger partial charge is 0.123 e. The van der Waals surface area contributed by atoms with Crippen molar-refractivity contribution in [3.05, 3.63) is 59.1 Å². The summed E-state index contributed by atoms with van der Waals surface area (Å²) < 4.78 is 5.97. The summed E-state index contributed by atoms with van der Waals surface area (Å²) in [6.07, 6.45) is -0.509. The number of halogens is 1. The Morgan fingerprint density at radius 1 is 1.04 bits per heavy atom. The Morgan fingerprint density at radius 3 is 2.43 bits per heavy atom. The maximum absolute atomic E-state index is 10.5. The summed E-state index contributed by atoms with van der Waals surface area (Å²) in [5, 5.41) is 11.2. The number of hydrogen-bond acceptors (Lipinski definition) is 4. The number of nitrogens with zero attached hydrogens (tertiary/aromatic N) is 2. The van der Waals surface area contributed by atoms with Crippen LogP contribution in [-0.4, -0.2) is 55.4 Å². The first-order chi connectivity index (χ1) is 13.3. The van der Waals surface area contributed by atoms with E-state index in [2.05, 4.69) is 42.7 Å². The molecule has 1 atom stereocenters. The number of aliphatic hydroxyl groups excluding tert-OH is 1. The van der Waals surface area contributed by atoms with Crippen molar-refractivity contribution in [2.45, 2.75) is 32.3 Å². The minimum absolute atomic E-state index is 0.0121. The Kier molecular flexibility index (Phi) is 6.86. The van der Waals surface area contributed by atoms with E-state index in [1.165, 1.54) is 0 Å². The Bertz CT molecular complexity index is 767. The molecule has 0 amide bonds. The van der Waals surface area contributed by atoms with E-state index in [1.54, 1.807) is 0 Å². The lowest BCUT2D eigenvalue weighted by Gasteiger charge is -2.37. The molecule has 4 nitrogen and oxygen atoms in total. The molecule has 2 aromatic rings. The van der Waals surface area contributed by atoms with Gasteiger partial charge in [0.2, 0.25) is 0 Å². The molecule has 152 valence electrons. The topological polar surface area (TPSA) is 35.9 Å². The van der Waals surface area contributed by atoms with Gasteiger partial charge in [-0.25, -0.2) is 0 Å². The molecule has 0 radical (unpaired) electrons. The zero-order valence-electron chi connectivity index (χ0n) is 17.1. The number of benzene rings is 2. The van der Waals surface area contributed by atoms with Gasteiger partial charge in [-0.2, -0.15) is 0 Å². The molecule has 1 saturated heterocycles. The van der Waals surface area contributed by atoms with Crippen LogP contribution in [0.5, 0.6) is 5.75 Å². The third-order valence-electron chi connectivity index (χ3n) is 5.14. The lowest BCUT2D eigenvalue weighted by Crippen LogP contribution is -2.49. The Labute approximate surface area is 173 Å². The molecule has 1 aliphatic heterocycles. The summed E-state index contributed by atoms with van der Waals surface area (Å²) in [6, 6.07) is 16.1. The van der Waals surface area contributed by atoms with Gasteiger partial charge in [-0.1, -0.05) is 56.6 Å². The van der Waals surface area contributed by atoms with Crippen LogP contribution in [-0.2, 0) is 5.41 Å². The lowest BCUT2D eigenvalue weighted by atomic mass is 9.86. The van der Waals surface area contributed by atoms with Crippen LogP contribution in [0.25, 0.3) is 0 Å². The van der Waals surface area contributed by atoms with Gasteiger partial charge in [0, 0.05) is 43.4 Å². The van der Waals surface area contributed by atoms with E-state index in [4.69, 9.17) is 16.3 Å². The molecular formula is C23H31ClN2O2. The largest absolute Gasteiger partial charge is 0.491 e. The monoisotopic (exact) mass is 402 g/mol. The normalized spacial score (nSPS) is 16.8. The minimum atomic E-state index is -0.509. The highest BCUT2D eigenvalue weighted by molar-refractivity contribution is 6.30. The van der Waals surface area contributed by atoms with Crippen LogP contribution in [0.4, 0.5) is 5.69 Å². The molecule has 5 heteroatoms. The van der Waals surface area contributed by atoms with Crippen LogP contribution in [0.15, 0.2) is 48.5 Å². The van der Waals surface area contributed by atoms with Gasteiger partial charge in [0.25, 0.3) is 0 Å². The van der Waals surface area contributed by atoms with Gasteiger partial charge < -0.3 is 14.7 Å². The molecule has 1 heterocycles. The first kappa shape index (κ1) is 21.0. The fourth-order valence-corrected chi connectivity index (χ4v) is 3.79. The number of piperazine rings is 1. The van der Waals surface area contributed by atoms with Crippen molar-refractivity contribution >= 4 is 17.3 Å². The number of hydrogen-bond donors (Lipinski definition) is 1. The fourth-order valence-electron chi connectivity index (χ4n) is 3.61. The van der Waals surface area contributed by atoms with Crippen molar-refractivity contribution < 1.29 is 9.84 Å². The summed E-state index contributed by atoms with van der Waals surface area (Å²) in [4.78, 5) is 4.63. The van der Waals surface area contributed by atoms with E-state index in [0.29, 0.717) is 13.2 Å². The molecule has 0 bridgehead atoms. The van der Waals surface area contributed by atoms with Gasteiger partial charge >= 0.3 is 0 Å². The number of aliphatic hydroxyl groups is 1. The van der Waals surface area contributed by atoms with Crippen LogP contribution < -0.4 is 9.64 Å². The second kappa shape index (κ2) is 9.17. The molecule has 2 aromatic carbocycles. The zero-order chi connectivity index (χ0) is 20.1. The lowest BCUT2D eigenvalue weighted by molar-refractivity contribution is 0.0656. The summed E-state index contributed by atoms with van der Waals surface area (Å²) >= 11 is 6.10. The van der Waals surface area contributed by atoms with Crippen molar-refractivity contribution in [3.8, 4) is 5.75 Å². The standard InChI is InChI=1S/C23H31ClN2O2/c1-23(2,3)21-9-4-5-10-22(21)28-17-20(27)16-25-11-13-26(14-12-25)19-8-6-7-18(24)15-19/h4-10,15,20,27H,11-14,16-17H2,1-3H3. The molecule has 1 N–H and O–H groups in total. The number of anilines is 1. The van der Waals surface area contributed by atoms with E-state index < -0.39 is 6.10 Å². The maximum Gasteiger partial charge on any atom is 0.123 e. The third-order valence-corrected chi connectivity index (χ3v) is 5.38. The van der Waals surface area contributed by atoms with Crippen molar-refractivity contribution in [3.63, 3.8) is 0 Å². The molecular weight excluding hydrogens is 372 g/mol. The molecule has 0 aromatic heterocycles. The van der Waals surface area contributed by atoms with Crippen molar-refractivity contribution in [2.75, 3.05) is 44.2 Å². The fraction of sp³-hybridized carbons (Fsp3) is 0.478. The zero-order valence-corrected chi connectivity index (χ0v) is 17.8. The third kappa shape index (κ3) is 5.63. The molecule has 1 unspecified atom stereocenters. The van der Waals surface area contributed by atoms with Gasteiger partial charge in [-0.3, -0.25) is 4.90 Å². The Hall–Kier alpha value is -1.75. The van der Waals surface area contributed by atoms with Crippen molar-refractivity contribution in [2.24, 2.45) is 0 Å². The molecule has 1 aliphatic rings. The van der Waals surface area contributed by atoms with Gasteiger partial charge in [0.15, 0.2) is 0 Å². The van der Waals surface area contributed by atoms with E-state index in [0.717, 1.165) is 48.2 Å². The maximum atomic E-state index is 10.5. The highest BCUT2D eigenvalue weighted by Crippen LogP contribution is 2.31. The predicted molar refractivity (Wildman–Crippen MR) is 117 cm³/mol. The molecule has 3 rings (SSSR count). The summed E-state index contributed by atoms with van der Waals surface area (Å²) in [5.74, 6) is 0.861. The molecule has 1 fully saturated rings. The summed E-state index contributed by atoms with van der Waals surface area (Å²) in [6.45, 7) is 11.1. The quantitative estimate of drug-likeness (QED) is 0.785. The second-order valence-corrected chi connectivity index (χ2v) is 8.91. The SMILES string of the molecule is CC(C)(C)c1ccccc1OCC(O)CN1CCN(c2cccc(Cl)c2)CC1. The number of rotatable bonds is 6. The van der Waals surface area contributed by atoms with Crippen LogP contribution in [0.3, 0.4) is 0 Å². The van der Waals surface area contributed by atoms with Gasteiger partial charge in [-0.05, 0) is 35.2 Å². The van der Waals surface area contributed by atoms with Gasteiger partial charge in [0.05, 0.1) is 0 Å². The minimum Gasteiger partial charge on any atom is -0.491 e. The van der Waals surface area contributed by atoms with Gasteiger partial charge in [0.1, 0.15) is 18.5 Å². The van der Waals surface area contributed by atoms with Crippen molar-refractivity contribution in [1.82, 2.24) is 4.90 Å². The predicted octanol–water partition coefficient (Wildman–Crippen LogP) is 4.20. The van der Waals surface area contributed by atoms with Crippen molar-refractivity contribution in [1.29, 1.82) is 0 Å². The van der Waals surface area contributed by atoms with Crippen LogP contribution in [0, 0.1) is 0 Å². The first-order valence-electron chi connectivity index (χ1n) is 9.96. The first-order valence-corrected chi connectivity index (χ1v) is 10.3. The number of ether oxygens (including phenoxy) is 1. The van der Waals surface area contributed by atoms with E-state index in [1.807, 2.05) is 36.4 Å². The average Bonchev–Trinajstić information content (AvgIpc) is 2.66. The average molecular weight is 403 g/mol. The second-order valence-electron chi connectivity index (χ2n) is 8.48. The highest BCUT2D eigenvalue weighted by atomic mass is 35.5. The molecule has 0 aliphatic carbocycles. The number of β-amino-alcohol motifs (C(OH)–C–C–N with tert-alkyl or cyclic N) is 1. The Morgan fingerprint density at radius 2 is 1.75 bits per heavy atom. The van der Waals surface area contributed by atoms with E-state index in [-0.39, 0.29) is 5.41 Å². The van der Waals surface area contributed by atoms with E-state index in [9.17, 15) is 5.11 Å². The van der Waals surface area contributed by atoms with Crippen LogP contribution >= 0.6 is 11.6 Å².